The topological polar surface area (TPSA) is 57.6 Å². The number of carbonyl (C=O) groups is 2. The van der Waals surface area contributed by atoms with Crippen LogP contribution in [0.1, 0.15) is 32.3 Å². The molecule has 0 fully saturated rings. The minimum atomic E-state index is -0.679. The molecule has 1 aliphatic heterocycles. The maximum Gasteiger partial charge on any atom is 0.262 e. The van der Waals surface area contributed by atoms with Crippen LogP contribution in [-0.2, 0) is 0 Å². The lowest BCUT2D eigenvalue weighted by Crippen LogP contribution is -2.36. The van der Waals surface area contributed by atoms with Gasteiger partial charge in [-0.1, -0.05) is 54.6 Å². The van der Waals surface area contributed by atoms with Gasteiger partial charge in [-0.25, -0.2) is 0 Å². The summed E-state index contributed by atoms with van der Waals surface area (Å²) in [5, 5.41) is 11.6. The van der Waals surface area contributed by atoms with Crippen molar-refractivity contribution in [1.82, 2.24) is 4.90 Å². The van der Waals surface area contributed by atoms with Gasteiger partial charge in [-0.2, -0.15) is 0 Å². The van der Waals surface area contributed by atoms with Crippen LogP contribution in [0.2, 0.25) is 0 Å². The Kier molecular flexibility index (Phi) is 3.40. The van der Waals surface area contributed by atoms with Gasteiger partial charge in [0.15, 0.2) is 0 Å². The standard InChI is InChI=1S/C20H15NO3/c22-12-18(13-6-2-1-3-7-13)21-19(23)16-10-14-8-4-5-9-15(14)11-17(16)20(21)24/h1-11,18,22H,12H2/t18-/m0/s1. The molecule has 0 radical (unpaired) electrons. The highest BCUT2D eigenvalue weighted by Crippen LogP contribution is 2.33. The lowest BCUT2D eigenvalue weighted by molar-refractivity contribution is 0.0514. The Morgan fingerprint density at radius 1 is 0.792 bits per heavy atom. The smallest absolute Gasteiger partial charge is 0.262 e. The molecule has 4 nitrogen and oxygen atoms in total. The van der Waals surface area contributed by atoms with Crippen molar-refractivity contribution in [2.24, 2.45) is 0 Å². The van der Waals surface area contributed by atoms with E-state index in [0.29, 0.717) is 11.1 Å². The van der Waals surface area contributed by atoms with Crippen LogP contribution in [0, 0.1) is 0 Å². The molecule has 0 aromatic heterocycles. The summed E-state index contributed by atoms with van der Waals surface area (Å²) in [7, 11) is 0. The number of rotatable bonds is 3. The fourth-order valence-corrected chi connectivity index (χ4v) is 3.24. The lowest BCUT2D eigenvalue weighted by atomic mass is 10.0. The molecule has 0 unspecified atom stereocenters. The predicted octanol–water partition coefficient (Wildman–Crippen LogP) is 3.17. The third kappa shape index (κ3) is 2.12. The van der Waals surface area contributed by atoms with Crippen LogP contribution in [0.25, 0.3) is 10.8 Å². The first-order valence-electron chi connectivity index (χ1n) is 7.77. The van der Waals surface area contributed by atoms with E-state index >= 15 is 0 Å². The molecule has 4 rings (SSSR count). The Bertz CT molecular complexity index is 895. The van der Waals surface area contributed by atoms with Crippen molar-refractivity contribution in [3.05, 3.63) is 83.4 Å². The second kappa shape index (κ2) is 5.58. The normalized spacial score (nSPS) is 15.0. The highest BCUT2D eigenvalue weighted by Gasteiger charge is 2.40. The average molecular weight is 317 g/mol. The second-order valence-electron chi connectivity index (χ2n) is 5.83. The molecule has 24 heavy (non-hydrogen) atoms. The molecular weight excluding hydrogens is 302 g/mol. The summed E-state index contributed by atoms with van der Waals surface area (Å²) in [4.78, 5) is 26.8. The number of fused-ring (bicyclic) bond motifs is 2. The van der Waals surface area contributed by atoms with Crippen molar-refractivity contribution in [3.8, 4) is 0 Å². The van der Waals surface area contributed by atoms with E-state index < -0.39 is 6.04 Å². The summed E-state index contributed by atoms with van der Waals surface area (Å²) in [6, 6.07) is 19.6. The van der Waals surface area contributed by atoms with Gasteiger partial charge >= 0.3 is 0 Å². The van der Waals surface area contributed by atoms with Crippen LogP contribution in [-0.4, -0.2) is 28.4 Å². The molecule has 0 spiro atoms. The number of imide groups is 1. The highest BCUT2D eigenvalue weighted by molar-refractivity contribution is 6.23. The molecule has 0 bridgehead atoms. The van der Waals surface area contributed by atoms with Gasteiger partial charge in [0.25, 0.3) is 11.8 Å². The van der Waals surface area contributed by atoms with Gasteiger partial charge in [0.05, 0.1) is 23.8 Å². The van der Waals surface area contributed by atoms with E-state index in [2.05, 4.69) is 0 Å². The van der Waals surface area contributed by atoms with E-state index in [9.17, 15) is 14.7 Å². The van der Waals surface area contributed by atoms with Crippen LogP contribution >= 0.6 is 0 Å². The van der Waals surface area contributed by atoms with Crippen molar-refractivity contribution in [1.29, 1.82) is 0 Å². The minimum absolute atomic E-state index is 0.311. The number of benzene rings is 3. The van der Waals surface area contributed by atoms with Crippen LogP contribution in [0.15, 0.2) is 66.7 Å². The third-order valence-corrected chi connectivity index (χ3v) is 4.45. The zero-order valence-electron chi connectivity index (χ0n) is 12.8. The van der Waals surface area contributed by atoms with E-state index in [1.54, 1.807) is 24.3 Å². The molecule has 0 saturated heterocycles. The lowest BCUT2D eigenvalue weighted by Gasteiger charge is -2.24. The molecule has 1 heterocycles. The molecule has 3 aromatic carbocycles. The van der Waals surface area contributed by atoms with Gasteiger partial charge < -0.3 is 5.11 Å². The van der Waals surface area contributed by atoms with E-state index in [1.807, 2.05) is 42.5 Å². The monoisotopic (exact) mass is 317 g/mol. The molecule has 1 aliphatic rings. The van der Waals surface area contributed by atoms with E-state index in [-0.39, 0.29) is 18.4 Å². The first-order valence-corrected chi connectivity index (χ1v) is 7.77. The maximum absolute atomic E-state index is 12.8. The van der Waals surface area contributed by atoms with Crippen molar-refractivity contribution in [2.75, 3.05) is 6.61 Å². The fraction of sp³-hybridized carbons (Fsp3) is 0.100. The number of aliphatic hydroxyl groups is 1. The van der Waals surface area contributed by atoms with Crippen LogP contribution < -0.4 is 0 Å². The van der Waals surface area contributed by atoms with Crippen molar-refractivity contribution >= 4 is 22.6 Å². The van der Waals surface area contributed by atoms with Gasteiger partial charge in [-0.3, -0.25) is 14.5 Å². The number of amides is 2. The van der Waals surface area contributed by atoms with Crippen molar-refractivity contribution in [3.63, 3.8) is 0 Å². The molecular formula is C20H15NO3. The summed E-state index contributed by atoms with van der Waals surface area (Å²) in [6.45, 7) is -0.311. The summed E-state index contributed by atoms with van der Waals surface area (Å²) >= 11 is 0. The van der Waals surface area contributed by atoms with Crippen LogP contribution in [0.5, 0.6) is 0 Å². The summed E-state index contributed by atoms with van der Waals surface area (Å²) < 4.78 is 0. The molecule has 0 saturated carbocycles. The fourth-order valence-electron chi connectivity index (χ4n) is 3.24. The number of hydrogen-bond donors (Lipinski definition) is 1. The maximum atomic E-state index is 12.8. The van der Waals surface area contributed by atoms with Crippen molar-refractivity contribution < 1.29 is 14.7 Å². The Labute approximate surface area is 139 Å². The Hall–Kier alpha value is -2.98. The second-order valence-corrected chi connectivity index (χ2v) is 5.83. The molecule has 4 heteroatoms. The average Bonchev–Trinajstić information content (AvgIpc) is 2.86. The van der Waals surface area contributed by atoms with Crippen LogP contribution in [0.4, 0.5) is 0 Å². The van der Waals surface area contributed by atoms with Gasteiger partial charge in [0.2, 0.25) is 0 Å². The first kappa shape index (κ1) is 14.6. The molecule has 3 aromatic rings. The Morgan fingerprint density at radius 3 is 1.79 bits per heavy atom. The zero-order chi connectivity index (χ0) is 16.7. The largest absolute Gasteiger partial charge is 0.394 e. The molecule has 2 amide bonds. The molecule has 0 aliphatic carbocycles. The number of nitrogens with zero attached hydrogens (tertiary/aromatic N) is 1. The Balaban J connectivity index is 1.83. The summed E-state index contributed by atoms with van der Waals surface area (Å²) in [5.41, 5.74) is 1.53. The van der Waals surface area contributed by atoms with E-state index in [1.165, 1.54) is 4.90 Å². The van der Waals surface area contributed by atoms with Crippen LogP contribution in [0.3, 0.4) is 0 Å². The predicted molar refractivity (Wildman–Crippen MR) is 90.7 cm³/mol. The highest BCUT2D eigenvalue weighted by atomic mass is 16.3. The quantitative estimate of drug-likeness (QED) is 0.755. The number of aliphatic hydroxyl groups excluding tert-OH is 1. The molecule has 1 N–H and O–H groups in total. The van der Waals surface area contributed by atoms with Gasteiger partial charge in [-0.05, 0) is 28.5 Å². The summed E-state index contributed by atoms with van der Waals surface area (Å²) in [6.07, 6.45) is 0. The van der Waals surface area contributed by atoms with Gasteiger partial charge in [-0.15, -0.1) is 0 Å². The number of carbonyl (C=O) groups excluding carboxylic acids is 2. The first-order chi connectivity index (χ1) is 11.7. The third-order valence-electron chi connectivity index (χ3n) is 4.45. The van der Waals surface area contributed by atoms with Crippen molar-refractivity contribution in [2.45, 2.75) is 6.04 Å². The van der Waals surface area contributed by atoms with Gasteiger partial charge in [0.1, 0.15) is 0 Å². The Morgan fingerprint density at radius 2 is 1.29 bits per heavy atom. The zero-order valence-corrected chi connectivity index (χ0v) is 12.8. The van der Waals surface area contributed by atoms with Gasteiger partial charge in [0, 0.05) is 0 Å². The summed E-state index contributed by atoms with van der Waals surface area (Å²) in [5.74, 6) is -0.715. The number of hydrogen-bond acceptors (Lipinski definition) is 3. The molecule has 118 valence electrons. The van der Waals surface area contributed by atoms with E-state index in [0.717, 1.165) is 16.3 Å². The molecule has 1 atom stereocenters. The SMILES string of the molecule is O=C1c2cc3ccccc3cc2C(=O)N1[C@@H](CO)c1ccccc1. The minimum Gasteiger partial charge on any atom is -0.394 e. The van der Waals surface area contributed by atoms with E-state index in [4.69, 9.17) is 0 Å².